The number of hydrogen-bond acceptors (Lipinski definition) is 2. The summed E-state index contributed by atoms with van der Waals surface area (Å²) in [5, 5.41) is 11.8. The summed E-state index contributed by atoms with van der Waals surface area (Å²) >= 11 is 0. The van der Waals surface area contributed by atoms with E-state index >= 15 is 0 Å². The molecular weight excluding hydrogens is 214 g/mol. The summed E-state index contributed by atoms with van der Waals surface area (Å²) in [5.41, 5.74) is 3.43. The molecule has 0 spiro atoms. The highest BCUT2D eigenvalue weighted by Crippen LogP contribution is 2.08. The maximum atomic E-state index is 10.4. The van der Waals surface area contributed by atoms with Crippen LogP contribution in [0.25, 0.3) is 0 Å². The smallest absolute Gasteiger partial charge is 0.328 e. The molecule has 0 aromatic heterocycles. The fourth-order valence-electron chi connectivity index (χ4n) is 1.73. The standard InChI is InChI=1S/C14H19NO2/c1-3-12-6-4-5-7-13(12)10-15-9-11(2)8-14(16)17/h4-8,15H,3,9-10H2,1-2H3,(H,16,17)/b11-8+. The van der Waals surface area contributed by atoms with Gasteiger partial charge in [-0.2, -0.15) is 0 Å². The number of benzene rings is 1. The number of hydrogen-bond donors (Lipinski definition) is 2. The number of carboxylic acids is 1. The first-order valence-corrected chi connectivity index (χ1v) is 5.81. The van der Waals surface area contributed by atoms with Crippen LogP contribution in [-0.4, -0.2) is 17.6 Å². The van der Waals surface area contributed by atoms with Crippen molar-refractivity contribution in [3.8, 4) is 0 Å². The van der Waals surface area contributed by atoms with Gasteiger partial charge in [0.2, 0.25) is 0 Å². The van der Waals surface area contributed by atoms with Crippen molar-refractivity contribution in [3.05, 3.63) is 47.0 Å². The third-order valence-electron chi connectivity index (χ3n) is 2.59. The molecule has 0 aliphatic rings. The van der Waals surface area contributed by atoms with Crippen molar-refractivity contribution in [2.45, 2.75) is 26.8 Å². The molecule has 0 fully saturated rings. The largest absolute Gasteiger partial charge is 0.478 e. The molecule has 0 heterocycles. The molecule has 1 aromatic carbocycles. The van der Waals surface area contributed by atoms with Gasteiger partial charge in [0.05, 0.1) is 0 Å². The minimum absolute atomic E-state index is 0.602. The Morgan fingerprint density at radius 2 is 2.00 bits per heavy atom. The van der Waals surface area contributed by atoms with E-state index in [2.05, 4.69) is 24.4 Å². The predicted octanol–water partition coefficient (Wildman–Crippen LogP) is 2.37. The first-order chi connectivity index (χ1) is 8.13. The van der Waals surface area contributed by atoms with Crippen LogP contribution in [0.4, 0.5) is 0 Å². The van der Waals surface area contributed by atoms with Crippen molar-refractivity contribution < 1.29 is 9.90 Å². The van der Waals surface area contributed by atoms with E-state index < -0.39 is 5.97 Å². The average molecular weight is 233 g/mol. The summed E-state index contributed by atoms with van der Waals surface area (Å²) in [6, 6.07) is 8.28. The number of carboxylic acid groups (broad SMARTS) is 1. The Kier molecular flexibility index (Phi) is 5.43. The Morgan fingerprint density at radius 1 is 1.35 bits per heavy atom. The zero-order valence-electron chi connectivity index (χ0n) is 10.4. The van der Waals surface area contributed by atoms with Gasteiger partial charge in [0.15, 0.2) is 0 Å². The Labute approximate surface area is 102 Å². The molecule has 92 valence electrons. The van der Waals surface area contributed by atoms with Crippen molar-refractivity contribution in [2.75, 3.05) is 6.54 Å². The summed E-state index contributed by atoms with van der Waals surface area (Å²) < 4.78 is 0. The lowest BCUT2D eigenvalue weighted by molar-refractivity contribution is -0.131. The fourth-order valence-corrected chi connectivity index (χ4v) is 1.73. The monoisotopic (exact) mass is 233 g/mol. The SMILES string of the molecule is CCc1ccccc1CNC/C(C)=C/C(=O)O. The molecule has 0 saturated carbocycles. The van der Waals surface area contributed by atoms with Gasteiger partial charge in [-0.1, -0.05) is 36.8 Å². The van der Waals surface area contributed by atoms with Crippen LogP contribution in [0, 0.1) is 0 Å². The van der Waals surface area contributed by atoms with Crippen LogP contribution in [-0.2, 0) is 17.8 Å². The van der Waals surface area contributed by atoms with Gasteiger partial charge in [0, 0.05) is 19.2 Å². The first kappa shape index (κ1) is 13.5. The Morgan fingerprint density at radius 3 is 2.59 bits per heavy atom. The van der Waals surface area contributed by atoms with Gasteiger partial charge in [-0.15, -0.1) is 0 Å². The van der Waals surface area contributed by atoms with E-state index in [1.54, 1.807) is 0 Å². The van der Waals surface area contributed by atoms with Crippen LogP contribution in [0.15, 0.2) is 35.9 Å². The molecule has 0 atom stereocenters. The van der Waals surface area contributed by atoms with Crippen LogP contribution in [0.3, 0.4) is 0 Å². The molecule has 3 nitrogen and oxygen atoms in total. The van der Waals surface area contributed by atoms with E-state index in [0.717, 1.165) is 18.5 Å². The summed E-state index contributed by atoms with van der Waals surface area (Å²) in [4.78, 5) is 10.4. The normalized spacial score (nSPS) is 11.5. The zero-order valence-corrected chi connectivity index (χ0v) is 10.4. The van der Waals surface area contributed by atoms with E-state index in [1.165, 1.54) is 17.2 Å². The Hall–Kier alpha value is -1.61. The van der Waals surface area contributed by atoms with Gasteiger partial charge in [0.1, 0.15) is 0 Å². The maximum absolute atomic E-state index is 10.4. The lowest BCUT2D eigenvalue weighted by Crippen LogP contribution is -2.17. The summed E-state index contributed by atoms with van der Waals surface area (Å²) in [5.74, 6) is -0.891. The summed E-state index contributed by atoms with van der Waals surface area (Å²) in [6.45, 7) is 5.32. The highest BCUT2D eigenvalue weighted by Gasteiger charge is 1.99. The molecule has 0 saturated heterocycles. The Bertz CT molecular complexity index is 410. The van der Waals surface area contributed by atoms with E-state index in [0.29, 0.717) is 6.54 Å². The summed E-state index contributed by atoms with van der Waals surface area (Å²) in [6.07, 6.45) is 2.25. The van der Waals surface area contributed by atoms with Crippen LogP contribution in [0.2, 0.25) is 0 Å². The molecule has 1 rings (SSSR count). The third-order valence-corrected chi connectivity index (χ3v) is 2.59. The second-order valence-electron chi connectivity index (χ2n) is 4.05. The number of rotatable bonds is 6. The zero-order chi connectivity index (χ0) is 12.7. The molecule has 0 bridgehead atoms. The number of nitrogens with one attached hydrogen (secondary N) is 1. The van der Waals surface area contributed by atoms with Gasteiger partial charge in [-0.25, -0.2) is 4.79 Å². The van der Waals surface area contributed by atoms with E-state index in [-0.39, 0.29) is 0 Å². The molecule has 0 amide bonds. The number of carbonyl (C=O) groups is 1. The molecule has 3 heteroatoms. The van der Waals surface area contributed by atoms with Gasteiger partial charge in [-0.3, -0.25) is 0 Å². The molecular formula is C14H19NO2. The fraction of sp³-hybridized carbons (Fsp3) is 0.357. The molecule has 2 N–H and O–H groups in total. The van der Waals surface area contributed by atoms with Crippen LogP contribution in [0.1, 0.15) is 25.0 Å². The van der Waals surface area contributed by atoms with Gasteiger partial charge in [0.25, 0.3) is 0 Å². The van der Waals surface area contributed by atoms with Gasteiger partial charge >= 0.3 is 5.97 Å². The highest BCUT2D eigenvalue weighted by atomic mass is 16.4. The van der Waals surface area contributed by atoms with Crippen LogP contribution >= 0.6 is 0 Å². The topological polar surface area (TPSA) is 49.3 Å². The van der Waals surface area contributed by atoms with Crippen LogP contribution in [0.5, 0.6) is 0 Å². The van der Waals surface area contributed by atoms with Crippen molar-refractivity contribution in [1.82, 2.24) is 5.32 Å². The molecule has 0 unspecified atom stereocenters. The van der Waals surface area contributed by atoms with E-state index in [9.17, 15) is 4.79 Å². The van der Waals surface area contributed by atoms with Gasteiger partial charge in [-0.05, 0) is 24.5 Å². The lowest BCUT2D eigenvalue weighted by atomic mass is 10.1. The maximum Gasteiger partial charge on any atom is 0.328 e. The number of aryl methyl sites for hydroxylation is 1. The summed E-state index contributed by atoms with van der Waals surface area (Å²) in [7, 11) is 0. The second kappa shape index (κ2) is 6.86. The van der Waals surface area contributed by atoms with Crippen molar-refractivity contribution in [1.29, 1.82) is 0 Å². The van der Waals surface area contributed by atoms with E-state index in [4.69, 9.17) is 5.11 Å². The number of aliphatic carboxylic acids is 1. The van der Waals surface area contributed by atoms with Gasteiger partial charge < -0.3 is 10.4 Å². The lowest BCUT2D eigenvalue weighted by Gasteiger charge is -2.09. The molecule has 1 aromatic rings. The average Bonchev–Trinajstić information content (AvgIpc) is 2.28. The van der Waals surface area contributed by atoms with Crippen molar-refractivity contribution in [2.24, 2.45) is 0 Å². The third kappa shape index (κ3) is 4.83. The first-order valence-electron chi connectivity index (χ1n) is 5.81. The van der Waals surface area contributed by atoms with Crippen LogP contribution < -0.4 is 5.32 Å². The quantitative estimate of drug-likeness (QED) is 0.742. The minimum Gasteiger partial charge on any atom is -0.478 e. The van der Waals surface area contributed by atoms with Crippen molar-refractivity contribution >= 4 is 5.97 Å². The second-order valence-corrected chi connectivity index (χ2v) is 4.05. The molecule has 0 aliphatic carbocycles. The Balaban J connectivity index is 2.48. The predicted molar refractivity (Wildman–Crippen MR) is 68.9 cm³/mol. The van der Waals surface area contributed by atoms with E-state index in [1.807, 2.05) is 19.1 Å². The molecule has 0 aliphatic heterocycles. The minimum atomic E-state index is -0.891. The molecule has 17 heavy (non-hydrogen) atoms. The highest BCUT2D eigenvalue weighted by molar-refractivity contribution is 5.80. The van der Waals surface area contributed by atoms with Crippen molar-refractivity contribution in [3.63, 3.8) is 0 Å². The molecule has 0 radical (unpaired) electrons.